The first-order chi connectivity index (χ1) is 11.6. The van der Waals surface area contributed by atoms with Crippen LogP contribution in [-0.4, -0.2) is 43.5 Å². The predicted molar refractivity (Wildman–Crippen MR) is 90.7 cm³/mol. The summed E-state index contributed by atoms with van der Waals surface area (Å²) in [5, 5.41) is 3.01. The molecule has 1 saturated heterocycles. The van der Waals surface area contributed by atoms with E-state index < -0.39 is 5.41 Å². The fourth-order valence-corrected chi connectivity index (χ4v) is 4.64. The van der Waals surface area contributed by atoms with E-state index in [0.717, 1.165) is 49.9 Å². The van der Waals surface area contributed by atoms with Gasteiger partial charge in [0.15, 0.2) is 0 Å². The number of hydrogen-bond donors (Lipinski definition) is 1. The van der Waals surface area contributed by atoms with Crippen molar-refractivity contribution in [1.82, 2.24) is 4.90 Å². The number of amides is 2. The Bertz CT molecular complexity index is 683. The molecule has 5 nitrogen and oxygen atoms in total. The molecule has 0 bridgehead atoms. The molecular weight excluding hydrogens is 304 g/mol. The number of para-hydroxylation sites is 1. The van der Waals surface area contributed by atoms with Gasteiger partial charge in [0.05, 0.1) is 17.4 Å². The lowest BCUT2D eigenvalue weighted by molar-refractivity contribution is -0.155. The van der Waals surface area contributed by atoms with E-state index >= 15 is 0 Å². The number of likely N-dealkylation sites (tertiary alicyclic amines) is 1. The lowest BCUT2D eigenvalue weighted by Crippen LogP contribution is -2.57. The summed E-state index contributed by atoms with van der Waals surface area (Å²) in [4.78, 5) is 27.8. The van der Waals surface area contributed by atoms with Crippen LogP contribution in [-0.2, 0) is 19.7 Å². The highest BCUT2D eigenvalue weighted by Crippen LogP contribution is 2.47. The fourth-order valence-electron chi connectivity index (χ4n) is 4.64. The van der Waals surface area contributed by atoms with E-state index in [0.29, 0.717) is 13.2 Å². The minimum atomic E-state index is -0.581. The number of carbonyl (C=O) groups excluding carboxylic acids is 2. The monoisotopic (exact) mass is 328 g/mol. The van der Waals surface area contributed by atoms with Gasteiger partial charge in [0.2, 0.25) is 11.8 Å². The Kier molecular flexibility index (Phi) is 3.64. The van der Waals surface area contributed by atoms with Crippen LogP contribution in [0.5, 0.6) is 0 Å². The smallest absolute Gasteiger partial charge is 0.236 e. The molecule has 1 spiro atoms. The van der Waals surface area contributed by atoms with Crippen LogP contribution in [0.2, 0.25) is 0 Å². The van der Waals surface area contributed by atoms with Gasteiger partial charge in [0.1, 0.15) is 0 Å². The van der Waals surface area contributed by atoms with Gasteiger partial charge in [-0.05, 0) is 37.3 Å². The quantitative estimate of drug-likeness (QED) is 0.926. The number of anilines is 1. The van der Waals surface area contributed by atoms with Gasteiger partial charge in [-0.25, -0.2) is 0 Å². The van der Waals surface area contributed by atoms with Crippen LogP contribution in [0.15, 0.2) is 24.3 Å². The number of ether oxygens (including phenoxy) is 1. The van der Waals surface area contributed by atoms with Gasteiger partial charge in [-0.3, -0.25) is 9.59 Å². The van der Waals surface area contributed by atoms with Crippen LogP contribution >= 0.6 is 0 Å². The van der Waals surface area contributed by atoms with Crippen LogP contribution in [0.4, 0.5) is 5.69 Å². The Morgan fingerprint density at radius 2 is 2.04 bits per heavy atom. The van der Waals surface area contributed by atoms with Crippen LogP contribution in [0.25, 0.3) is 0 Å². The summed E-state index contributed by atoms with van der Waals surface area (Å²) in [6.07, 6.45) is 4.53. The van der Waals surface area contributed by atoms with E-state index in [1.807, 2.05) is 29.2 Å². The molecule has 1 aromatic rings. The van der Waals surface area contributed by atoms with Gasteiger partial charge in [-0.1, -0.05) is 24.6 Å². The number of hydrogen-bond acceptors (Lipinski definition) is 3. The van der Waals surface area contributed by atoms with Crippen molar-refractivity contribution in [2.24, 2.45) is 5.41 Å². The molecule has 128 valence electrons. The van der Waals surface area contributed by atoms with E-state index in [2.05, 4.69) is 5.32 Å². The largest absolute Gasteiger partial charge is 0.384 e. The summed E-state index contributed by atoms with van der Waals surface area (Å²) < 4.78 is 5.33. The van der Waals surface area contributed by atoms with Crippen molar-refractivity contribution in [3.05, 3.63) is 29.8 Å². The third kappa shape index (κ3) is 2.10. The Labute approximate surface area is 142 Å². The van der Waals surface area contributed by atoms with Crippen LogP contribution in [0, 0.1) is 5.41 Å². The normalized spacial score (nSPS) is 27.5. The lowest BCUT2D eigenvalue weighted by atomic mass is 9.67. The van der Waals surface area contributed by atoms with E-state index in [-0.39, 0.29) is 17.2 Å². The predicted octanol–water partition coefficient (Wildman–Crippen LogP) is 2.32. The average Bonchev–Trinajstić information content (AvgIpc) is 2.83. The maximum atomic E-state index is 13.2. The molecule has 1 saturated carbocycles. The number of carbonyl (C=O) groups is 2. The molecule has 1 aliphatic carbocycles. The third-order valence-corrected chi connectivity index (χ3v) is 6.09. The first-order valence-corrected chi connectivity index (χ1v) is 8.81. The number of rotatable bonds is 3. The highest BCUT2D eigenvalue weighted by molar-refractivity contribution is 6.06. The molecule has 2 fully saturated rings. The van der Waals surface area contributed by atoms with Crippen molar-refractivity contribution in [3.63, 3.8) is 0 Å². The van der Waals surface area contributed by atoms with Gasteiger partial charge >= 0.3 is 0 Å². The maximum absolute atomic E-state index is 13.2. The van der Waals surface area contributed by atoms with Gasteiger partial charge in [0.25, 0.3) is 0 Å². The molecular formula is C19H24N2O3. The SMILES string of the molecule is COCC1(C(=O)N2CCC[C@@]3(C2)C(=O)Nc2ccccc23)CCC1. The Morgan fingerprint density at radius 1 is 1.25 bits per heavy atom. The molecule has 24 heavy (non-hydrogen) atoms. The summed E-state index contributed by atoms with van der Waals surface area (Å²) in [7, 11) is 1.66. The Hall–Kier alpha value is -1.88. The third-order valence-electron chi connectivity index (χ3n) is 6.09. The van der Waals surface area contributed by atoms with E-state index in [9.17, 15) is 9.59 Å². The summed E-state index contributed by atoms with van der Waals surface area (Å²) in [5.41, 5.74) is 0.999. The van der Waals surface area contributed by atoms with Crippen LogP contribution in [0.3, 0.4) is 0 Å². The molecule has 2 amide bonds. The molecule has 0 aromatic heterocycles. The summed E-state index contributed by atoms with van der Waals surface area (Å²) in [6.45, 7) is 1.71. The zero-order chi connectivity index (χ0) is 16.8. The van der Waals surface area contributed by atoms with E-state index in [4.69, 9.17) is 4.74 Å². The molecule has 0 unspecified atom stereocenters. The molecule has 1 aromatic carbocycles. The number of nitrogens with zero attached hydrogens (tertiary/aromatic N) is 1. The standard InChI is InChI=1S/C19H24N2O3/c1-24-13-18(8-4-9-18)17(23)21-11-5-10-19(12-21)14-6-2-3-7-15(14)20-16(19)22/h2-3,6-7H,4-5,8-13H2,1H3,(H,20,22)/t19-/m0/s1. The van der Waals surface area contributed by atoms with Crippen molar-refractivity contribution >= 4 is 17.5 Å². The van der Waals surface area contributed by atoms with E-state index in [1.165, 1.54) is 0 Å². The Morgan fingerprint density at radius 3 is 2.75 bits per heavy atom. The number of methoxy groups -OCH3 is 1. The Balaban J connectivity index is 1.63. The molecule has 3 aliphatic rings. The van der Waals surface area contributed by atoms with Gasteiger partial charge in [0, 0.05) is 25.9 Å². The first kappa shape index (κ1) is 15.6. The topological polar surface area (TPSA) is 58.6 Å². The molecule has 2 aliphatic heterocycles. The summed E-state index contributed by atoms with van der Waals surface area (Å²) >= 11 is 0. The number of fused-ring (bicyclic) bond motifs is 2. The molecule has 5 heteroatoms. The van der Waals surface area contributed by atoms with Crippen LogP contribution < -0.4 is 5.32 Å². The number of nitrogens with one attached hydrogen (secondary N) is 1. The van der Waals surface area contributed by atoms with Crippen molar-refractivity contribution in [2.75, 3.05) is 32.1 Å². The van der Waals surface area contributed by atoms with Gasteiger partial charge in [-0.15, -0.1) is 0 Å². The second kappa shape index (κ2) is 5.59. The van der Waals surface area contributed by atoms with E-state index in [1.54, 1.807) is 7.11 Å². The number of benzene rings is 1. The summed E-state index contributed by atoms with van der Waals surface area (Å²) in [6, 6.07) is 7.88. The fraction of sp³-hybridized carbons (Fsp3) is 0.579. The van der Waals surface area contributed by atoms with Crippen molar-refractivity contribution in [3.8, 4) is 0 Å². The van der Waals surface area contributed by atoms with Gasteiger partial charge < -0.3 is 15.0 Å². The van der Waals surface area contributed by atoms with Crippen molar-refractivity contribution < 1.29 is 14.3 Å². The molecule has 1 atom stereocenters. The first-order valence-electron chi connectivity index (χ1n) is 8.81. The highest BCUT2D eigenvalue weighted by atomic mass is 16.5. The van der Waals surface area contributed by atoms with Gasteiger partial charge in [-0.2, -0.15) is 0 Å². The lowest BCUT2D eigenvalue weighted by Gasteiger charge is -2.47. The minimum absolute atomic E-state index is 0.0376. The zero-order valence-corrected chi connectivity index (χ0v) is 14.1. The maximum Gasteiger partial charge on any atom is 0.236 e. The van der Waals surface area contributed by atoms with Crippen LogP contribution in [0.1, 0.15) is 37.7 Å². The van der Waals surface area contributed by atoms with Crippen molar-refractivity contribution in [1.29, 1.82) is 0 Å². The number of piperidine rings is 1. The molecule has 2 heterocycles. The highest BCUT2D eigenvalue weighted by Gasteiger charge is 2.53. The zero-order valence-electron chi connectivity index (χ0n) is 14.1. The second-order valence-corrected chi connectivity index (χ2v) is 7.48. The summed E-state index contributed by atoms with van der Waals surface area (Å²) in [5.74, 6) is 0.211. The molecule has 4 rings (SSSR count). The van der Waals surface area contributed by atoms with Crippen molar-refractivity contribution in [2.45, 2.75) is 37.5 Å². The second-order valence-electron chi connectivity index (χ2n) is 7.48. The average molecular weight is 328 g/mol. The minimum Gasteiger partial charge on any atom is -0.384 e. The molecule has 0 radical (unpaired) electrons. The molecule has 1 N–H and O–H groups in total.